The van der Waals surface area contributed by atoms with Crippen molar-refractivity contribution in [1.29, 1.82) is 0 Å². The number of carboxylic acid groups (broad SMARTS) is 1. The van der Waals surface area contributed by atoms with Crippen molar-refractivity contribution in [2.45, 2.75) is 32.2 Å². The highest BCUT2D eigenvalue weighted by Gasteiger charge is 2.31. The van der Waals surface area contributed by atoms with Crippen molar-refractivity contribution in [3.8, 4) is 0 Å². The van der Waals surface area contributed by atoms with E-state index in [1.807, 2.05) is 13.8 Å². The number of rotatable bonds is 5. The topological polar surface area (TPSA) is 92.4 Å². The lowest BCUT2D eigenvalue weighted by Crippen LogP contribution is -2.50. The third kappa shape index (κ3) is 3.59. The largest absolute Gasteiger partial charge is 0.478 e. The molecule has 20 heavy (non-hydrogen) atoms. The Kier molecular flexibility index (Phi) is 5.73. The fourth-order valence-electron chi connectivity index (χ4n) is 1.68. The van der Waals surface area contributed by atoms with Crippen molar-refractivity contribution in [2.24, 2.45) is 5.73 Å². The van der Waals surface area contributed by atoms with Gasteiger partial charge >= 0.3 is 5.97 Å². The molecule has 4 N–H and O–H groups in total. The molecule has 5 nitrogen and oxygen atoms in total. The number of nitrogens with two attached hydrogens (primary N) is 1. The molecule has 0 fully saturated rings. The van der Waals surface area contributed by atoms with Crippen molar-refractivity contribution < 1.29 is 14.7 Å². The molecule has 0 atom stereocenters. The number of anilines is 1. The van der Waals surface area contributed by atoms with Crippen LogP contribution in [-0.2, 0) is 4.79 Å². The van der Waals surface area contributed by atoms with E-state index in [9.17, 15) is 14.7 Å². The first-order valence-corrected chi connectivity index (χ1v) is 7.66. The van der Waals surface area contributed by atoms with Gasteiger partial charge in [-0.25, -0.2) is 4.79 Å². The number of aromatic carboxylic acids is 1. The summed E-state index contributed by atoms with van der Waals surface area (Å²) in [4.78, 5) is 23.5. The fourth-order valence-corrected chi connectivity index (χ4v) is 3.00. The lowest BCUT2D eigenvalue weighted by atomic mass is 9.93. The lowest BCUT2D eigenvalue weighted by molar-refractivity contribution is -0.121. The number of nitrogens with one attached hydrogen (secondary N) is 1. The van der Waals surface area contributed by atoms with Gasteiger partial charge in [0.1, 0.15) is 0 Å². The third-order valence-electron chi connectivity index (χ3n) is 3.24. The Morgan fingerprint density at radius 2 is 1.85 bits per heavy atom. The molecule has 110 valence electrons. The van der Waals surface area contributed by atoms with Gasteiger partial charge in [0.25, 0.3) is 0 Å². The molecule has 0 radical (unpaired) electrons. The van der Waals surface area contributed by atoms with E-state index in [2.05, 4.69) is 37.2 Å². The first kappa shape index (κ1) is 17.1. The van der Waals surface area contributed by atoms with E-state index in [1.165, 1.54) is 6.07 Å². The Labute approximate surface area is 134 Å². The van der Waals surface area contributed by atoms with E-state index < -0.39 is 17.4 Å². The Balaban J connectivity index is 3.22. The minimum atomic E-state index is -1.13. The molecule has 1 aromatic carbocycles. The number of hydrogen-bond acceptors (Lipinski definition) is 3. The molecule has 0 aromatic heterocycles. The molecule has 7 heteroatoms. The van der Waals surface area contributed by atoms with Crippen LogP contribution in [0.2, 0.25) is 0 Å². The van der Waals surface area contributed by atoms with Gasteiger partial charge in [0.15, 0.2) is 0 Å². The highest BCUT2D eigenvalue weighted by molar-refractivity contribution is 9.11. The number of halogens is 2. The maximum atomic E-state index is 12.2. The minimum absolute atomic E-state index is 0.00541. The molecule has 0 bridgehead atoms. The molecule has 0 aliphatic rings. The van der Waals surface area contributed by atoms with Gasteiger partial charge in [-0.15, -0.1) is 0 Å². The summed E-state index contributed by atoms with van der Waals surface area (Å²) in [5.74, 6) is -1.52. The second-order valence-electron chi connectivity index (χ2n) is 4.43. The SMILES string of the molecule is CCC(N)(CC)C(=O)Nc1c(Br)cc(Br)cc1C(=O)O. The quantitative estimate of drug-likeness (QED) is 0.697. The second kappa shape index (κ2) is 6.69. The summed E-state index contributed by atoms with van der Waals surface area (Å²) in [5.41, 5.74) is 5.20. The van der Waals surface area contributed by atoms with Crippen LogP contribution in [0.5, 0.6) is 0 Å². The van der Waals surface area contributed by atoms with Crippen molar-refractivity contribution in [3.63, 3.8) is 0 Å². The van der Waals surface area contributed by atoms with Crippen LogP contribution in [0.4, 0.5) is 5.69 Å². The van der Waals surface area contributed by atoms with Crippen LogP contribution in [-0.4, -0.2) is 22.5 Å². The van der Waals surface area contributed by atoms with Crippen LogP contribution >= 0.6 is 31.9 Å². The van der Waals surface area contributed by atoms with E-state index >= 15 is 0 Å². The maximum absolute atomic E-state index is 12.2. The zero-order valence-corrected chi connectivity index (χ0v) is 14.3. The summed E-state index contributed by atoms with van der Waals surface area (Å²) in [6.07, 6.45) is 0.928. The maximum Gasteiger partial charge on any atom is 0.337 e. The van der Waals surface area contributed by atoms with Crippen LogP contribution < -0.4 is 11.1 Å². The predicted molar refractivity (Wildman–Crippen MR) is 84.9 cm³/mol. The lowest BCUT2D eigenvalue weighted by Gasteiger charge is -2.26. The second-order valence-corrected chi connectivity index (χ2v) is 6.20. The molecule has 0 saturated heterocycles. The zero-order chi connectivity index (χ0) is 15.5. The van der Waals surface area contributed by atoms with Gasteiger partial charge in [-0.2, -0.15) is 0 Å². The van der Waals surface area contributed by atoms with Gasteiger partial charge in [0.05, 0.1) is 16.8 Å². The first-order chi connectivity index (χ1) is 9.25. The van der Waals surface area contributed by atoms with Gasteiger partial charge in [-0.05, 0) is 40.9 Å². The highest BCUT2D eigenvalue weighted by Crippen LogP contribution is 2.31. The third-order valence-corrected chi connectivity index (χ3v) is 4.32. The molecule has 0 heterocycles. The molecule has 1 aromatic rings. The number of amides is 1. The molecule has 0 aliphatic heterocycles. The van der Waals surface area contributed by atoms with Crippen LogP contribution in [0.25, 0.3) is 0 Å². The van der Waals surface area contributed by atoms with Crippen molar-refractivity contribution in [2.75, 3.05) is 5.32 Å². The Bertz CT molecular complexity index is 543. The molecule has 1 rings (SSSR count). The molecule has 0 unspecified atom stereocenters. The van der Waals surface area contributed by atoms with Gasteiger partial charge in [-0.1, -0.05) is 29.8 Å². The molecule has 0 spiro atoms. The van der Waals surface area contributed by atoms with Gasteiger partial charge in [0.2, 0.25) is 5.91 Å². The average molecular weight is 408 g/mol. The fraction of sp³-hybridized carbons (Fsp3) is 0.385. The highest BCUT2D eigenvalue weighted by atomic mass is 79.9. The normalized spacial score (nSPS) is 11.2. The van der Waals surface area contributed by atoms with Crippen LogP contribution in [0.15, 0.2) is 21.1 Å². The number of benzene rings is 1. The molecular formula is C13H16Br2N2O3. The number of carboxylic acids is 1. The van der Waals surface area contributed by atoms with E-state index in [0.717, 1.165) is 0 Å². The minimum Gasteiger partial charge on any atom is -0.478 e. The first-order valence-electron chi connectivity index (χ1n) is 6.07. The van der Waals surface area contributed by atoms with E-state index in [0.29, 0.717) is 21.8 Å². The number of carbonyl (C=O) groups is 2. The van der Waals surface area contributed by atoms with Gasteiger partial charge < -0.3 is 16.2 Å². The summed E-state index contributed by atoms with van der Waals surface area (Å²) >= 11 is 6.47. The monoisotopic (exact) mass is 406 g/mol. The summed E-state index contributed by atoms with van der Waals surface area (Å²) in [7, 11) is 0. The Morgan fingerprint density at radius 1 is 1.30 bits per heavy atom. The van der Waals surface area contributed by atoms with Crippen LogP contribution in [0.3, 0.4) is 0 Å². The molecular weight excluding hydrogens is 392 g/mol. The van der Waals surface area contributed by atoms with Crippen molar-refractivity contribution in [3.05, 3.63) is 26.6 Å². The van der Waals surface area contributed by atoms with Crippen LogP contribution in [0, 0.1) is 0 Å². The predicted octanol–water partition coefficient (Wildman–Crippen LogP) is 3.37. The van der Waals surface area contributed by atoms with E-state index in [4.69, 9.17) is 5.73 Å². The number of carbonyl (C=O) groups excluding carboxylic acids is 1. The smallest absolute Gasteiger partial charge is 0.337 e. The average Bonchev–Trinajstić information content (AvgIpc) is 2.39. The number of hydrogen-bond donors (Lipinski definition) is 3. The van der Waals surface area contributed by atoms with Crippen molar-refractivity contribution >= 4 is 49.4 Å². The van der Waals surface area contributed by atoms with Crippen molar-refractivity contribution in [1.82, 2.24) is 0 Å². The summed E-state index contributed by atoms with van der Waals surface area (Å²) in [5, 5.41) is 11.8. The summed E-state index contributed by atoms with van der Waals surface area (Å²) in [6, 6.07) is 3.09. The molecule has 0 aliphatic carbocycles. The molecule has 0 saturated carbocycles. The van der Waals surface area contributed by atoms with Gasteiger partial charge in [-0.3, -0.25) is 4.79 Å². The van der Waals surface area contributed by atoms with E-state index in [1.54, 1.807) is 6.07 Å². The van der Waals surface area contributed by atoms with Crippen LogP contribution in [0.1, 0.15) is 37.0 Å². The molecule has 1 amide bonds. The van der Waals surface area contributed by atoms with E-state index in [-0.39, 0.29) is 11.3 Å². The summed E-state index contributed by atoms with van der Waals surface area (Å²) < 4.78 is 1.08. The zero-order valence-electron chi connectivity index (χ0n) is 11.2. The Morgan fingerprint density at radius 3 is 2.30 bits per heavy atom. The Hall–Kier alpha value is -0.920. The standard InChI is InChI=1S/C13H16Br2N2O3/c1-3-13(16,4-2)12(20)17-10-8(11(18)19)5-7(14)6-9(10)15/h5-6H,3-4,16H2,1-2H3,(H,17,20)(H,18,19). The summed E-state index contributed by atoms with van der Waals surface area (Å²) in [6.45, 7) is 3.63. The van der Waals surface area contributed by atoms with Gasteiger partial charge in [0, 0.05) is 8.95 Å².